The Labute approximate surface area is 135 Å². The van der Waals surface area contributed by atoms with Gasteiger partial charge in [-0.2, -0.15) is 0 Å². The van der Waals surface area contributed by atoms with E-state index in [-0.39, 0.29) is 30.5 Å². The van der Waals surface area contributed by atoms with Crippen LogP contribution in [0.4, 0.5) is 4.39 Å². The van der Waals surface area contributed by atoms with Crippen molar-refractivity contribution in [2.45, 2.75) is 12.8 Å². The molecule has 0 fully saturated rings. The summed E-state index contributed by atoms with van der Waals surface area (Å²) in [7, 11) is 0. The maximum atomic E-state index is 12.7. The Hall–Kier alpha value is -2.21. The Morgan fingerprint density at radius 1 is 0.818 bits per heavy atom. The smallest absolute Gasteiger partial charge is 0.242 e. The van der Waals surface area contributed by atoms with Gasteiger partial charge in [0, 0.05) is 4.47 Å². The number of carbonyl (C=O) groups is 2. The molecule has 0 heterocycles. The summed E-state index contributed by atoms with van der Waals surface area (Å²) < 4.78 is 13.7. The number of hydrogen-bond acceptors (Lipinski definition) is 2. The molecule has 2 rings (SSSR count). The zero-order valence-corrected chi connectivity index (χ0v) is 13.2. The van der Waals surface area contributed by atoms with Gasteiger partial charge in [0.25, 0.3) is 0 Å². The molecule has 2 N–H and O–H groups in total. The highest BCUT2D eigenvalue weighted by Gasteiger charge is 2.07. The molecule has 0 atom stereocenters. The second-order valence-corrected chi connectivity index (χ2v) is 5.62. The number of rotatable bonds is 4. The minimum Gasteiger partial charge on any atom is -0.273 e. The van der Waals surface area contributed by atoms with Crippen LogP contribution in [0.3, 0.4) is 0 Å². The van der Waals surface area contributed by atoms with Crippen molar-refractivity contribution in [1.82, 2.24) is 10.9 Å². The summed E-state index contributed by atoms with van der Waals surface area (Å²) in [5, 5.41) is 0. The molecule has 0 radical (unpaired) electrons. The Bertz CT molecular complexity index is 597. The lowest BCUT2D eigenvalue weighted by Gasteiger charge is -2.07. The number of hydrazine groups is 1. The van der Waals surface area contributed by atoms with Gasteiger partial charge in [-0.05, 0) is 35.4 Å². The SMILES string of the molecule is O=C(Cc1ccc(F)cc1)NNC(=O)Cc1ccc(Br)cc1. The number of nitrogens with one attached hydrogen (secondary N) is 2. The molecule has 0 spiro atoms. The van der Waals surface area contributed by atoms with Crippen molar-refractivity contribution >= 4 is 27.7 Å². The molecule has 114 valence electrons. The lowest BCUT2D eigenvalue weighted by molar-refractivity contribution is -0.128. The van der Waals surface area contributed by atoms with Gasteiger partial charge >= 0.3 is 0 Å². The highest BCUT2D eigenvalue weighted by molar-refractivity contribution is 9.10. The topological polar surface area (TPSA) is 58.2 Å². The fraction of sp³-hybridized carbons (Fsp3) is 0.125. The van der Waals surface area contributed by atoms with Crippen LogP contribution in [0.2, 0.25) is 0 Å². The first kappa shape index (κ1) is 16.2. The van der Waals surface area contributed by atoms with E-state index >= 15 is 0 Å². The fourth-order valence-corrected chi connectivity index (χ4v) is 2.07. The van der Waals surface area contributed by atoms with Gasteiger partial charge in [0.1, 0.15) is 5.82 Å². The van der Waals surface area contributed by atoms with E-state index in [2.05, 4.69) is 26.8 Å². The number of hydrogen-bond donors (Lipinski definition) is 2. The third-order valence-corrected chi connectivity index (χ3v) is 3.43. The minimum absolute atomic E-state index is 0.0683. The van der Waals surface area contributed by atoms with E-state index < -0.39 is 0 Å². The van der Waals surface area contributed by atoms with E-state index in [0.717, 1.165) is 10.0 Å². The molecule has 4 nitrogen and oxygen atoms in total. The maximum absolute atomic E-state index is 12.7. The Morgan fingerprint density at radius 2 is 1.23 bits per heavy atom. The Kier molecular flexibility index (Phi) is 5.66. The van der Waals surface area contributed by atoms with Crippen molar-refractivity contribution in [2.24, 2.45) is 0 Å². The molecule has 22 heavy (non-hydrogen) atoms. The predicted molar refractivity (Wildman–Crippen MR) is 84.2 cm³/mol. The van der Waals surface area contributed by atoms with Crippen molar-refractivity contribution in [1.29, 1.82) is 0 Å². The van der Waals surface area contributed by atoms with Crippen LogP contribution in [0.25, 0.3) is 0 Å². The van der Waals surface area contributed by atoms with Crippen molar-refractivity contribution in [3.63, 3.8) is 0 Å². The van der Waals surface area contributed by atoms with Crippen LogP contribution in [0.5, 0.6) is 0 Å². The summed E-state index contributed by atoms with van der Waals surface area (Å²) in [4.78, 5) is 23.4. The van der Waals surface area contributed by atoms with E-state index in [9.17, 15) is 14.0 Å². The number of carbonyl (C=O) groups excluding carboxylic acids is 2. The molecule has 2 aromatic carbocycles. The van der Waals surface area contributed by atoms with Crippen molar-refractivity contribution in [2.75, 3.05) is 0 Å². The van der Waals surface area contributed by atoms with Crippen LogP contribution >= 0.6 is 15.9 Å². The van der Waals surface area contributed by atoms with Crippen LogP contribution < -0.4 is 10.9 Å². The molecule has 0 aliphatic carbocycles. The van der Waals surface area contributed by atoms with Gasteiger partial charge in [-0.15, -0.1) is 0 Å². The standard InChI is InChI=1S/C16H14BrFN2O2/c17-13-5-1-11(2-6-13)9-15(21)19-20-16(22)10-12-3-7-14(18)8-4-12/h1-8H,9-10H2,(H,19,21)(H,20,22). The van der Waals surface area contributed by atoms with Gasteiger partial charge in [0.2, 0.25) is 11.8 Å². The van der Waals surface area contributed by atoms with Crippen LogP contribution in [0.15, 0.2) is 53.0 Å². The van der Waals surface area contributed by atoms with Gasteiger partial charge in [0.15, 0.2) is 0 Å². The molecule has 0 saturated carbocycles. The molecular weight excluding hydrogens is 351 g/mol. The van der Waals surface area contributed by atoms with Gasteiger partial charge in [0.05, 0.1) is 12.8 Å². The van der Waals surface area contributed by atoms with Crippen LogP contribution in [-0.2, 0) is 22.4 Å². The number of benzene rings is 2. The molecule has 2 aromatic rings. The summed E-state index contributed by atoms with van der Waals surface area (Å²) >= 11 is 3.32. The van der Waals surface area contributed by atoms with E-state index in [1.165, 1.54) is 24.3 Å². The quantitative estimate of drug-likeness (QED) is 0.819. The first-order chi connectivity index (χ1) is 10.5. The summed E-state index contributed by atoms with van der Waals surface area (Å²) in [6.45, 7) is 0. The minimum atomic E-state index is -0.365. The summed E-state index contributed by atoms with van der Waals surface area (Å²) in [5.74, 6) is -1.03. The second kappa shape index (κ2) is 7.70. The first-order valence-electron chi connectivity index (χ1n) is 6.59. The Balaban J connectivity index is 1.76. The van der Waals surface area contributed by atoms with Gasteiger partial charge < -0.3 is 0 Å². The highest BCUT2D eigenvalue weighted by atomic mass is 79.9. The van der Waals surface area contributed by atoms with Gasteiger partial charge in [-0.1, -0.05) is 40.2 Å². The number of amides is 2. The largest absolute Gasteiger partial charge is 0.273 e. The van der Waals surface area contributed by atoms with E-state index in [4.69, 9.17) is 0 Å². The zero-order valence-electron chi connectivity index (χ0n) is 11.6. The maximum Gasteiger partial charge on any atom is 0.242 e. The van der Waals surface area contributed by atoms with Crippen molar-refractivity contribution in [3.8, 4) is 0 Å². The van der Waals surface area contributed by atoms with E-state index in [0.29, 0.717) is 5.56 Å². The second-order valence-electron chi connectivity index (χ2n) is 4.70. The monoisotopic (exact) mass is 364 g/mol. The number of halogens is 2. The average Bonchev–Trinajstić information content (AvgIpc) is 2.50. The summed E-state index contributed by atoms with van der Waals surface area (Å²) in [5.41, 5.74) is 6.20. The third kappa shape index (κ3) is 5.29. The fourth-order valence-electron chi connectivity index (χ4n) is 1.80. The molecule has 6 heteroatoms. The first-order valence-corrected chi connectivity index (χ1v) is 7.39. The molecule has 0 bridgehead atoms. The van der Waals surface area contributed by atoms with Crippen molar-refractivity contribution in [3.05, 3.63) is 69.9 Å². The van der Waals surface area contributed by atoms with E-state index in [1.807, 2.05) is 24.3 Å². The van der Waals surface area contributed by atoms with Crippen molar-refractivity contribution < 1.29 is 14.0 Å². The van der Waals surface area contributed by atoms with Crippen LogP contribution in [-0.4, -0.2) is 11.8 Å². The molecule has 2 amide bonds. The highest BCUT2D eigenvalue weighted by Crippen LogP contribution is 2.10. The normalized spacial score (nSPS) is 10.1. The predicted octanol–water partition coefficient (Wildman–Crippen LogP) is 2.52. The average molecular weight is 365 g/mol. The zero-order chi connectivity index (χ0) is 15.9. The molecule has 0 aliphatic rings. The van der Waals surface area contributed by atoms with Gasteiger partial charge in [-0.3, -0.25) is 20.4 Å². The molecule has 0 aliphatic heterocycles. The molecule has 0 unspecified atom stereocenters. The summed E-state index contributed by atoms with van der Waals surface area (Å²) in [6.07, 6.45) is 0.239. The Morgan fingerprint density at radius 3 is 1.68 bits per heavy atom. The van der Waals surface area contributed by atoms with Crippen LogP contribution in [0, 0.1) is 5.82 Å². The molecular formula is C16H14BrFN2O2. The molecule has 0 saturated heterocycles. The lowest BCUT2D eigenvalue weighted by atomic mass is 10.1. The van der Waals surface area contributed by atoms with Gasteiger partial charge in [-0.25, -0.2) is 4.39 Å². The molecule has 0 aromatic heterocycles. The van der Waals surface area contributed by atoms with Crippen LogP contribution in [0.1, 0.15) is 11.1 Å². The van der Waals surface area contributed by atoms with E-state index in [1.54, 1.807) is 0 Å². The third-order valence-electron chi connectivity index (χ3n) is 2.90. The lowest BCUT2D eigenvalue weighted by Crippen LogP contribution is -2.43. The summed E-state index contributed by atoms with van der Waals surface area (Å²) in [6, 6.07) is 13.0.